The molecule has 0 saturated carbocycles. The molecule has 0 radical (unpaired) electrons. The summed E-state index contributed by atoms with van der Waals surface area (Å²) in [5, 5.41) is 2.59. The highest BCUT2D eigenvalue weighted by Crippen LogP contribution is 2.16. The van der Waals surface area contributed by atoms with Crippen molar-refractivity contribution in [1.29, 1.82) is 0 Å². The van der Waals surface area contributed by atoms with Crippen LogP contribution in [-0.2, 0) is 24.3 Å². The third-order valence-corrected chi connectivity index (χ3v) is 5.35. The molecule has 7 nitrogen and oxygen atoms in total. The minimum Gasteiger partial charge on any atom is -0.454 e. The van der Waals surface area contributed by atoms with Gasteiger partial charge in [0.15, 0.2) is 6.61 Å². The van der Waals surface area contributed by atoms with Gasteiger partial charge < -0.3 is 10.1 Å². The summed E-state index contributed by atoms with van der Waals surface area (Å²) in [5.74, 6) is -1.54. The lowest BCUT2D eigenvalue weighted by Crippen LogP contribution is -2.46. The second-order valence-corrected chi connectivity index (χ2v) is 8.26. The number of hydrogen-bond donors (Lipinski definition) is 2. The first-order valence-electron chi connectivity index (χ1n) is 8.61. The van der Waals surface area contributed by atoms with E-state index in [-0.39, 0.29) is 10.8 Å². The average Bonchev–Trinajstić information content (AvgIpc) is 2.57. The third kappa shape index (κ3) is 6.42. The van der Waals surface area contributed by atoms with Crippen LogP contribution >= 0.6 is 0 Å². The maximum Gasteiger partial charge on any atom is 0.324 e. The van der Waals surface area contributed by atoms with E-state index in [1.807, 2.05) is 20.8 Å². The van der Waals surface area contributed by atoms with Crippen LogP contribution in [0.3, 0.4) is 0 Å². The van der Waals surface area contributed by atoms with Gasteiger partial charge in [0.05, 0.1) is 4.90 Å². The van der Waals surface area contributed by atoms with E-state index in [1.54, 1.807) is 26.0 Å². The SMILES string of the molecule is CCCNC(=O)COC(=O)[C@H](NS(=O)(=O)c1ccc(C)c(C)c1)C(C)C. The van der Waals surface area contributed by atoms with E-state index in [0.717, 1.165) is 17.5 Å². The van der Waals surface area contributed by atoms with Crippen LogP contribution < -0.4 is 10.0 Å². The molecule has 8 heteroatoms. The van der Waals surface area contributed by atoms with Gasteiger partial charge in [0.2, 0.25) is 10.0 Å². The van der Waals surface area contributed by atoms with Crippen molar-refractivity contribution in [2.75, 3.05) is 13.2 Å². The molecule has 0 fully saturated rings. The van der Waals surface area contributed by atoms with Crippen molar-refractivity contribution >= 4 is 21.9 Å². The normalized spacial score (nSPS) is 12.7. The molecule has 1 rings (SSSR count). The fraction of sp³-hybridized carbons (Fsp3) is 0.556. The van der Waals surface area contributed by atoms with E-state index in [1.165, 1.54) is 6.07 Å². The Labute approximate surface area is 155 Å². The molecular formula is C18H28N2O5S. The Balaban J connectivity index is 2.84. The number of esters is 1. The van der Waals surface area contributed by atoms with E-state index >= 15 is 0 Å². The van der Waals surface area contributed by atoms with E-state index in [0.29, 0.717) is 6.54 Å². The molecule has 0 aliphatic carbocycles. The molecule has 26 heavy (non-hydrogen) atoms. The number of rotatable bonds is 9. The number of ether oxygens (including phenoxy) is 1. The molecule has 0 unspecified atom stereocenters. The molecule has 2 N–H and O–H groups in total. The third-order valence-electron chi connectivity index (χ3n) is 3.91. The first kappa shape index (κ1) is 22.1. The molecule has 1 atom stereocenters. The summed E-state index contributed by atoms with van der Waals surface area (Å²) in [7, 11) is -3.89. The summed E-state index contributed by atoms with van der Waals surface area (Å²) < 4.78 is 32.6. The highest BCUT2D eigenvalue weighted by Gasteiger charge is 2.30. The molecule has 0 aliphatic rings. The molecule has 1 aromatic rings. The maximum atomic E-state index is 12.6. The number of benzene rings is 1. The Morgan fingerprint density at radius 1 is 1.15 bits per heavy atom. The van der Waals surface area contributed by atoms with Crippen molar-refractivity contribution < 1.29 is 22.7 Å². The van der Waals surface area contributed by atoms with Crippen LogP contribution in [0.1, 0.15) is 38.3 Å². The second kappa shape index (κ2) is 9.68. The summed E-state index contributed by atoms with van der Waals surface area (Å²) in [6.07, 6.45) is 0.768. The minimum absolute atomic E-state index is 0.0831. The summed E-state index contributed by atoms with van der Waals surface area (Å²) in [4.78, 5) is 23.9. The topological polar surface area (TPSA) is 102 Å². The maximum absolute atomic E-state index is 12.6. The number of amides is 1. The minimum atomic E-state index is -3.89. The van der Waals surface area contributed by atoms with Crippen molar-refractivity contribution in [2.45, 2.75) is 52.0 Å². The van der Waals surface area contributed by atoms with Gasteiger partial charge in [-0.2, -0.15) is 4.72 Å². The Kier molecular flexibility index (Phi) is 8.23. The van der Waals surface area contributed by atoms with Crippen LogP contribution in [0.4, 0.5) is 0 Å². The Morgan fingerprint density at radius 3 is 2.35 bits per heavy atom. The van der Waals surface area contributed by atoms with E-state index in [2.05, 4.69) is 10.0 Å². The van der Waals surface area contributed by atoms with Gasteiger partial charge in [-0.3, -0.25) is 9.59 Å². The smallest absolute Gasteiger partial charge is 0.324 e. The summed E-state index contributed by atoms with van der Waals surface area (Å²) in [6, 6.07) is 3.68. The number of hydrogen-bond acceptors (Lipinski definition) is 5. The van der Waals surface area contributed by atoms with Crippen LogP contribution in [0, 0.1) is 19.8 Å². The number of carbonyl (C=O) groups excluding carboxylic acids is 2. The van der Waals surface area contributed by atoms with Crippen molar-refractivity contribution in [3.63, 3.8) is 0 Å². The Bertz CT molecular complexity index is 744. The predicted octanol–water partition coefficient (Wildman–Crippen LogP) is 1.68. The van der Waals surface area contributed by atoms with Crippen LogP contribution in [0.2, 0.25) is 0 Å². The zero-order chi connectivity index (χ0) is 19.9. The first-order chi connectivity index (χ1) is 12.1. The predicted molar refractivity (Wildman–Crippen MR) is 99.1 cm³/mol. The highest BCUT2D eigenvalue weighted by atomic mass is 32.2. The average molecular weight is 384 g/mol. The summed E-state index contributed by atoms with van der Waals surface area (Å²) in [5.41, 5.74) is 1.81. The van der Waals surface area contributed by atoms with Gasteiger partial charge in [-0.15, -0.1) is 0 Å². The summed E-state index contributed by atoms with van der Waals surface area (Å²) in [6.45, 7) is 9.06. The van der Waals surface area contributed by atoms with Crippen molar-refractivity contribution in [3.05, 3.63) is 29.3 Å². The monoisotopic (exact) mass is 384 g/mol. The largest absolute Gasteiger partial charge is 0.454 e. The van der Waals surface area contributed by atoms with Gasteiger partial charge in [0.1, 0.15) is 6.04 Å². The number of carbonyl (C=O) groups is 2. The van der Waals surface area contributed by atoms with Crippen LogP contribution in [0.25, 0.3) is 0 Å². The fourth-order valence-electron chi connectivity index (χ4n) is 2.11. The lowest BCUT2D eigenvalue weighted by Gasteiger charge is -2.21. The van der Waals surface area contributed by atoms with Gasteiger partial charge >= 0.3 is 5.97 Å². The van der Waals surface area contributed by atoms with Gasteiger partial charge in [-0.25, -0.2) is 8.42 Å². The first-order valence-corrected chi connectivity index (χ1v) is 10.1. The number of sulfonamides is 1. The highest BCUT2D eigenvalue weighted by molar-refractivity contribution is 7.89. The molecule has 0 spiro atoms. The standard InChI is InChI=1S/C18H28N2O5S/c1-6-9-19-16(21)11-25-18(22)17(12(2)3)20-26(23,24)15-8-7-13(4)14(5)10-15/h7-8,10,12,17,20H,6,9,11H2,1-5H3,(H,19,21)/t17-/m1/s1. The molecule has 0 bridgehead atoms. The number of aryl methyl sites for hydroxylation is 2. The number of nitrogens with one attached hydrogen (secondary N) is 2. The summed E-state index contributed by atoms with van der Waals surface area (Å²) >= 11 is 0. The molecule has 0 heterocycles. The molecule has 146 valence electrons. The van der Waals surface area contributed by atoms with Crippen LogP contribution in [-0.4, -0.2) is 39.5 Å². The second-order valence-electron chi connectivity index (χ2n) is 6.55. The lowest BCUT2D eigenvalue weighted by atomic mass is 10.1. The van der Waals surface area contributed by atoms with Gasteiger partial charge in [-0.1, -0.05) is 26.8 Å². The molecule has 1 amide bonds. The van der Waals surface area contributed by atoms with Crippen molar-refractivity contribution in [2.24, 2.45) is 5.92 Å². The molecular weight excluding hydrogens is 356 g/mol. The van der Waals surface area contributed by atoms with E-state index in [9.17, 15) is 18.0 Å². The van der Waals surface area contributed by atoms with Crippen LogP contribution in [0.15, 0.2) is 23.1 Å². The zero-order valence-electron chi connectivity index (χ0n) is 16.0. The quantitative estimate of drug-likeness (QED) is 0.631. The molecule has 1 aromatic carbocycles. The van der Waals surface area contributed by atoms with Crippen LogP contribution in [0.5, 0.6) is 0 Å². The molecule has 0 aliphatic heterocycles. The zero-order valence-corrected chi connectivity index (χ0v) is 16.8. The van der Waals surface area contributed by atoms with Crippen molar-refractivity contribution in [3.8, 4) is 0 Å². The van der Waals surface area contributed by atoms with E-state index < -0.39 is 34.5 Å². The van der Waals surface area contributed by atoms with Gasteiger partial charge in [0.25, 0.3) is 5.91 Å². The van der Waals surface area contributed by atoms with E-state index in [4.69, 9.17) is 4.74 Å². The molecule has 0 aromatic heterocycles. The lowest BCUT2D eigenvalue weighted by molar-refractivity contribution is -0.151. The van der Waals surface area contributed by atoms with Gasteiger partial charge in [0, 0.05) is 6.54 Å². The fourth-order valence-corrected chi connectivity index (χ4v) is 3.53. The molecule has 0 saturated heterocycles. The van der Waals surface area contributed by atoms with Crippen molar-refractivity contribution in [1.82, 2.24) is 10.0 Å². The Hall–Kier alpha value is -1.93. The Morgan fingerprint density at radius 2 is 1.81 bits per heavy atom. The van der Waals surface area contributed by atoms with Gasteiger partial charge in [-0.05, 0) is 49.4 Å².